The predicted molar refractivity (Wildman–Crippen MR) is 107 cm³/mol. The van der Waals surface area contributed by atoms with Crippen LogP contribution in [-0.2, 0) is 24.0 Å². The summed E-state index contributed by atoms with van der Waals surface area (Å²) in [5.41, 5.74) is 5.81. The Balaban J connectivity index is 5.21. The lowest BCUT2D eigenvalue weighted by molar-refractivity contribution is -0.141. The largest absolute Gasteiger partial charge is 0.481 e. The molecule has 0 aromatic heterocycles. The first-order valence-electron chi connectivity index (χ1n) is 9.04. The molecule has 0 aromatic rings. The molecule has 29 heavy (non-hydrogen) atoms. The number of rotatable bonds is 14. The van der Waals surface area contributed by atoms with Crippen molar-refractivity contribution in [2.45, 2.75) is 51.2 Å². The number of nitrogens with one attached hydrogen (secondary N) is 3. The number of carbonyl (C=O) groups excluding carboxylic acids is 3. The highest BCUT2D eigenvalue weighted by Crippen LogP contribution is 2.07. The Hall–Kier alpha value is -2.34. The van der Waals surface area contributed by atoms with Crippen molar-refractivity contribution in [1.29, 1.82) is 0 Å². The molecular formula is C17H30N4O7S. The van der Waals surface area contributed by atoms with E-state index in [9.17, 15) is 24.0 Å². The maximum atomic E-state index is 12.6. The molecule has 0 fully saturated rings. The van der Waals surface area contributed by atoms with Gasteiger partial charge in [-0.3, -0.25) is 24.0 Å². The van der Waals surface area contributed by atoms with Crippen molar-refractivity contribution in [2.75, 3.05) is 18.6 Å². The van der Waals surface area contributed by atoms with Crippen molar-refractivity contribution in [3.63, 3.8) is 0 Å². The second-order valence-corrected chi connectivity index (χ2v) is 7.83. The molecule has 0 rings (SSSR count). The standard InChI is InChI=1S/C17H30N4O7S/c1-9(2)6-11(20-15(26)10(18)4-5-29-3)17(28)21-12(7-13(22)23)16(27)19-8-14(24)25/h9-12H,4-8,18H2,1-3H3,(H,19,27)(H,20,26)(H,21,28)(H,22,23)(H,24,25). The van der Waals surface area contributed by atoms with E-state index in [1.807, 2.05) is 25.4 Å². The molecule has 0 aliphatic heterocycles. The third-order valence-electron chi connectivity index (χ3n) is 3.74. The highest BCUT2D eigenvalue weighted by molar-refractivity contribution is 7.98. The molecule has 0 spiro atoms. The number of carbonyl (C=O) groups is 5. The average Bonchev–Trinajstić information content (AvgIpc) is 2.61. The minimum absolute atomic E-state index is 0.00670. The zero-order valence-electron chi connectivity index (χ0n) is 16.8. The first kappa shape index (κ1) is 26.7. The lowest BCUT2D eigenvalue weighted by Crippen LogP contribution is -2.56. The number of hydrogen-bond donors (Lipinski definition) is 6. The second-order valence-electron chi connectivity index (χ2n) is 6.85. The van der Waals surface area contributed by atoms with E-state index >= 15 is 0 Å². The maximum absolute atomic E-state index is 12.6. The summed E-state index contributed by atoms with van der Waals surface area (Å²) in [4.78, 5) is 58.5. The summed E-state index contributed by atoms with van der Waals surface area (Å²) in [5.74, 6) is -4.22. The van der Waals surface area contributed by atoms with Crippen LogP contribution < -0.4 is 21.7 Å². The zero-order chi connectivity index (χ0) is 22.6. The van der Waals surface area contributed by atoms with Crippen LogP contribution in [-0.4, -0.2) is 76.6 Å². The molecule has 0 aliphatic carbocycles. The fourth-order valence-electron chi connectivity index (χ4n) is 2.30. The highest BCUT2D eigenvalue weighted by atomic mass is 32.2. The van der Waals surface area contributed by atoms with E-state index in [1.54, 1.807) is 0 Å². The summed E-state index contributed by atoms with van der Waals surface area (Å²) < 4.78 is 0. The van der Waals surface area contributed by atoms with Gasteiger partial charge in [0, 0.05) is 0 Å². The fourth-order valence-corrected chi connectivity index (χ4v) is 2.79. The van der Waals surface area contributed by atoms with Crippen molar-refractivity contribution in [2.24, 2.45) is 11.7 Å². The van der Waals surface area contributed by atoms with Gasteiger partial charge in [0.2, 0.25) is 17.7 Å². The summed E-state index contributed by atoms with van der Waals surface area (Å²) in [6, 6.07) is -3.32. The summed E-state index contributed by atoms with van der Waals surface area (Å²) in [6.45, 7) is 2.93. The molecule has 7 N–H and O–H groups in total. The van der Waals surface area contributed by atoms with Gasteiger partial charge in [-0.05, 0) is 30.8 Å². The Morgan fingerprint density at radius 1 is 0.931 bits per heavy atom. The lowest BCUT2D eigenvalue weighted by atomic mass is 10.0. The van der Waals surface area contributed by atoms with Crippen molar-refractivity contribution >= 4 is 41.4 Å². The van der Waals surface area contributed by atoms with Crippen molar-refractivity contribution in [3.05, 3.63) is 0 Å². The van der Waals surface area contributed by atoms with Crippen LogP contribution in [0, 0.1) is 5.92 Å². The number of amides is 3. The van der Waals surface area contributed by atoms with Crippen LogP contribution in [0.2, 0.25) is 0 Å². The Morgan fingerprint density at radius 3 is 2.00 bits per heavy atom. The number of aliphatic carboxylic acids is 2. The minimum atomic E-state index is -1.49. The molecule has 0 aliphatic rings. The summed E-state index contributed by atoms with van der Waals surface area (Å²) in [6.07, 6.45) is 1.79. The Kier molecular flexibility index (Phi) is 12.7. The topological polar surface area (TPSA) is 188 Å². The fraction of sp³-hybridized carbons (Fsp3) is 0.706. The molecule has 0 bridgehead atoms. The molecule has 3 amide bonds. The van der Waals surface area contributed by atoms with Crippen molar-refractivity contribution < 1.29 is 34.2 Å². The molecule has 0 saturated heterocycles. The molecule has 0 saturated carbocycles. The summed E-state index contributed by atoms with van der Waals surface area (Å²) in [7, 11) is 0. The van der Waals surface area contributed by atoms with E-state index < -0.39 is 60.8 Å². The van der Waals surface area contributed by atoms with Crippen LogP contribution in [0.25, 0.3) is 0 Å². The normalized spacial score (nSPS) is 13.8. The number of thioether (sulfide) groups is 1. The van der Waals surface area contributed by atoms with Gasteiger partial charge in [0.1, 0.15) is 18.6 Å². The molecule has 0 aromatic carbocycles. The maximum Gasteiger partial charge on any atom is 0.322 e. The van der Waals surface area contributed by atoms with Gasteiger partial charge < -0.3 is 31.9 Å². The van der Waals surface area contributed by atoms with Crippen LogP contribution in [0.15, 0.2) is 0 Å². The number of hydrogen-bond acceptors (Lipinski definition) is 7. The van der Waals surface area contributed by atoms with Crippen LogP contribution in [0.5, 0.6) is 0 Å². The van der Waals surface area contributed by atoms with Crippen LogP contribution in [0.1, 0.15) is 33.1 Å². The Bertz CT molecular complexity index is 600. The van der Waals surface area contributed by atoms with Gasteiger partial charge in [0.25, 0.3) is 0 Å². The Labute approximate surface area is 173 Å². The summed E-state index contributed by atoms with van der Waals surface area (Å²) in [5, 5.41) is 24.5. The van der Waals surface area contributed by atoms with Gasteiger partial charge in [0.05, 0.1) is 12.5 Å². The lowest BCUT2D eigenvalue weighted by Gasteiger charge is -2.24. The third kappa shape index (κ3) is 12.0. The smallest absolute Gasteiger partial charge is 0.322 e. The van der Waals surface area contributed by atoms with Gasteiger partial charge in [-0.25, -0.2) is 0 Å². The van der Waals surface area contributed by atoms with Crippen molar-refractivity contribution in [3.8, 4) is 0 Å². The van der Waals surface area contributed by atoms with Crippen LogP contribution in [0.4, 0.5) is 0 Å². The van der Waals surface area contributed by atoms with E-state index in [2.05, 4.69) is 10.6 Å². The molecule has 166 valence electrons. The number of nitrogens with two attached hydrogens (primary N) is 1. The molecule has 0 radical (unpaired) electrons. The van der Waals surface area contributed by atoms with Gasteiger partial charge in [-0.1, -0.05) is 13.8 Å². The first-order chi connectivity index (χ1) is 13.5. The zero-order valence-corrected chi connectivity index (χ0v) is 17.6. The predicted octanol–water partition coefficient (Wildman–Crippen LogP) is -1.24. The number of carboxylic acid groups (broad SMARTS) is 2. The van der Waals surface area contributed by atoms with Crippen LogP contribution >= 0.6 is 11.8 Å². The molecule has 3 atom stereocenters. The van der Waals surface area contributed by atoms with Gasteiger partial charge >= 0.3 is 11.9 Å². The Morgan fingerprint density at radius 2 is 1.52 bits per heavy atom. The quantitative estimate of drug-likeness (QED) is 0.194. The monoisotopic (exact) mass is 434 g/mol. The third-order valence-corrected chi connectivity index (χ3v) is 4.38. The van der Waals surface area contributed by atoms with Crippen LogP contribution in [0.3, 0.4) is 0 Å². The average molecular weight is 435 g/mol. The highest BCUT2D eigenvalue weighted by Gasteiger charge is 2.30. The number of carboxylic acids is 2. The molecule has 0 heterocycles. The summed E-state index contributed by atoms with van der Waals surface area (Å²) >= 11 is 1.53. The molecular weight excluding hydrogens is 404 g/mol. The van der Waals surface area contributed by atoms with E-state index in [0.717, 1.165) is 0 Å². The van der Waals surface area contributed by atoms with Gasteiger partial charge in [0.15, 0.2) is 0 Å². The second kappa shape index (κ2) is 13.8. The SMILES string of the molecule is CSCCC(N)C(=O)NC(CC(C)C)C(=O)NC(CC(=O)O)C(=O)NCC(=O)O. The van der Waals surface area contributed by atoms with Gasteiger partial charge in [-0.15, -0.1) is 0 Å². The molecule has 3 unspecified atom stereocenters. The minimum Gasteiger partial charge on any atom is -0.481 e. The first-order valence-corrected chi connectivity index (χ1v) is 10.4. The van der Waals surface area contributed by atoms with Gasteiger partial charge in [-0.2, -0.15) is 11.8 Å². The van der Waals surface area contributed by atoms with E-state index in [0.29, 0.717) is 12.2 Å². The molecule has 11 nitrogen and oxygen atoms in total. The van der Waals surface area contributed by atoms with E-state index in [4.69, 9.17) is 15.9 Å². The van der Waals surface area contributed by atoms with Crippen molar-refractivity contribution in [1.82, 2.24) is 16.0 Å². The van der Waals surface area contributed by atoms with E-state index in [-0.39, 0.29) is 12.3 Å². The molecule has 12 heteroatoms. The van der Waals surface area contributed by atoms with E-state index in [1.165, 1.54) is 11.8 Å².